The predicted octanol–water partition coefficient (Wildman–Crippen LogP) is 2.90. The van der Waals surface area contributed by atoms with Gasteiger partial charge in [-0.3, -0.25) is 4.90 Å². The van der Waals surface area contributed by atoms with Gasteiger partial charge >= 0.3 is 0 Å². The third-order valence-electron chi connectivity index (χ3n) is 3.45. The van der Waals surface area contributed by atoms with Gasteiger partial charge < -0.3 is 4.79 Å². The van der Waals surface area contributed by atoms with Crippen molar-refractivity contribution in [3.05, 3.63) is 59.7 Å². The predicted molar refractivity (Wildman–Crippen MR) is 83.9 cm³/mol. The van der Waals surface area contributed by atoms with Gasteiger partial charge in [0.25, 0.3) is 0 Å². The maximum absolute atomic E-state index is 10.4. The summed E-state index contributed by atoms with van der Waals surface area (Å²) < 4.78 is 0. The molecule has 2 aromatic rings. The van der Waals surface area contributed by atoms with Crippen molar-refractivity contribution in [2.45, 2.75) is 6.42 Å². The number of nitriles is 1. The molecule has 0 radical (unpaired) electrons. The van der Waals surface area contributed by atoms with Gasteiger partial charge in [0.05, 0.1) is 18.2 Å². The molecule has 0 saturated carbocycles. The Morgan fingerprint density at radius 2 is 1.90 bits per heavy atom. The van der Waals surface area contributed by atoms with Crippen molar-refractivity contribution in [1.82, 2.24) is 4.90 Å². The summed E-state index contributed by atoms with van der Waals surface area (Å²) >= 11 is 0. The molecule has 0 aromatic heterocycles. The molecule has 3 heteroatoms. The Balaban J connectivity index is 2.05. The third kappa shape index (κ3) is 4.27. The third-order valence-corrected chi connectivity index (χ3v) is 3.45. The van der Waals surface area contributed by atoms with E-state index < -0.39 is 0 Å². The van der Waals surface area contributed by atoms with Crippen molar-refractivity contribution in [1.29, 1.82) is 5.26 Å². The number of likely N-dealkylation sites (N-methyl/N-ethyl adjacent to an activating group) is 1. The Hall–Kier alpha value is -2.44. The molecule has 0 aliphatic rings. The average molecular weight is 278 g/mol. The fraction of sp³-hybridized carbons (Fsp3) is 0.222. The van der Waals surface area contributed by atoms with Gasteiger partial charge in [-0.05, 0) is 42.3 Å². The van der Waals surface area contributed by atoms with Crippen LogP contribution in [0.25, 0.3) is 11.1 Å². The smallest absolute Gasteiger partial charge is 0.133 e. The Kier molecular flexibility index (Phi) is 5.25. The second-order valence-corrected chi connectivity index (χ2v) is 5.07. The van der Waals surface area contributed by atoms with Crippen LogP contribution in [0.2, 0.25) is 0 Å². The van der Waals surface area contributed by atoms with Crippen LogP contribution in [0.3, 0.4) is 0 Å². The van der Waals surface area contributed by atoms with E-state index in [1.54, 1.807) is 6.07 Å². The molecule has 0 atom stereocenters. The van der Waals surface area contributed by atoms with E-state index in [2.05, 4.69) is 30.3 Å². The van der Waals surface area contributed by atoms with Gasteiger partial charge in [0.1, 0.15) is 6.29 Å². The Morgan fingerprint density at radius 3 is 2.57 bits per heavy atom. The lowest BCUT2D eigenvalue weighted by Crippen LogP contribution is -2.23. The number of carbonyl (C=O) groups excluding carboxylic acids is 1. The number of hydrogen-bond acceptors (Lipinski definition) is 3. The van der Waals surface area contributed by atoms with E-state index in [1.807, 2.05) is 30.1 Å². The molecule has 0 aliphatic heterocycles. The lowest BCUT2D eigenvalue weighted by Gasteiger charge is -2.12. The molecule has 0 amide bonds. The van der Waals surface area contributed by atoms with Crippen LogP contribution in [-0.2, 0) is 11.2 Å². The molecule has 0 aliphatic carbocycles. The number of benzene rings is 2. The highest BCUT2D eigenvalue weighted by Gasteiger charge is 2.01. The largest absolute Gasteiger partial charge is 0.302 e. The lowest BCUT2D eigenvalue weighted by atomic mass is 10.0. The van der Waals surface area contributed by atoms with Crippen LogP contribution in [-0.4, -0.2) is 31.3 Å². The number of hydrogen-bond donors (Lipinski definition) is 0. The summed E-state index contributed by atoms with van der Waals surface area (Å²) in [7, 11) is 1.94. The van der Waals surface area contributed by atoms with E-state index in [1.165, 1.54) is 5.56 Å². The molecule has 0 bridgehead atoms. The topological polar surface area (TPSA) is 44.1 Å². The molecular formula is C18H18N2O. The first-order valence-corrected chi connectivity index (χ1v) is 6.94. The molecule has 0 unspecified atom stereocenters. The molecule has 0 spiro atoms. The van der Waals surface area contributed by atoms with Crippen LogP contribution in [0.5, 0.6) is 0 Å². The highest BCUT2D eigenvalue weighted by Crippen LogP contribution is 2.21. The second-order valence-electron chi connectivity index (χ2n) is 5.07. The van der Waals surface area contributed by atoms with Crippen molar-refractivity contribution in [3.8, 4) is 17.2 Å². The van der Waals surface area contributed by atoms with Crippen molar-refractivity contribution in [2.75, 3.05) is 20.1 Å². The molecular weight excluding hydrogens is 260 g/mol. The van der Waals surface area contributed by atoms with E-state index >= 15 is 0 Å². The first-order chi connectivity index (χ1) is 10.2. The highest BCUT2D eigenvalue weighted by molar-refractivity contribution is 5.65. The normalized spacial score (nSPS) is 10.3. The average Bonchev–Trinajstić information content (AvgIpc) is 2.54. The summed E-state index contributed by atoms with van der Waals surface area (Å²) in [6, 6.07) is 18.1. The summed E-state index contributed by atoms with van der Waals surface area (Å²) in [5.41, 5.74) is 4.08. The van der Waals surface area contributed by atoms with Crippen molar-refractivity contribution in [2.24, 2.45) is 0 Å². The molecule has 2 aromatic carbocycles. The molecule has 3 nitrogen and oxygen atoms in total. The molecule has 21 heavy (non-hydrogen) atoms. The zero-order chi connectivity index (χ0) is 15.1. The van der Waals surface area contributed by atoms with Gasteiger partial charge in [-0.25, -0.2) is 0 Å². The summed E-state index contributed by atoms with van der Waals surface area (Å²) in [5.74, 6) is 0. The first kappa shape index (κ1) is 15.0. The van der Waals surface area contributed by atoms with E-state index in [-0.39, 0.29) is 0 Å². The zero-order valence-electron chi connectivity index (χ0n) is 12.1. The Morgan fingerprint density at radius 1 is 1.14 bits per heavy atom. The van der Waals surface area contributed by atoms with Gasteiger partial charge in [-0.2, -0.15) is 5.26 Å². The summed E-state index contributed by atoms with van der Waals surface area (Å²) in [6.07, 6.45) is 1.84. The van der Waals surface area contributed by atoms with Crippen molar-refractivity contribution < 1.29 is 4.79 Å². The first-order valence-electron chi connectivity index (χ1n) is 6.94. The highest BCUT2D eigenvalue weighted by atomic mass is 16.1. The summed E-state index contributed by atoms with van der Waals surface area (Å²) in [6.45, 7) is 1.33. The quantitative estimate of drug-likeness (QED) is 0.763. The maximum Gasteiger partial charge on any atom is 0.133 e. The lowest BCUT2D eigenvalue weighted by molar-refractivity contribution is -0.108. The molecule has 106 valence electrons. The van der Waals surface area contributed by atoms with Crippen LogP contribution in [0.1, 0.15) is 11.1 Å². The van der Waals surface area contributed by atoms with Gasteiger partial charge in [0, 0.05) is 6.54 Å². The number of nitrogens with zero attached hydrogens (tertiary/aromatic N) is 2. The van der Waals surface area contributed by atoms with Crippen LogP contribution in [0, 0.1) is 11.3 Å². The van der Waals surface area contributed by atoms with Crippen LogP contribution in [0.4, 0.5) is 0 Å². The van der Waals surface area contributed by atoms with E-state index in [4.69, 9.17) is 5.26 Å². The molecule has 0 N–H and O–H groups in total. The zero-order valence-corrected chi connectivity index (χ0v) is 12.1. The fourth-order valence-electron chi connectivity index (χ4n) is 2.17. The minimum absolute atomic E-state index is 0.471. The van der Waals surface area contributed by atoms with Crippen LogP contribution in [0.15, 0.2) is 48.5 Å². The van der Waals surface area contributed by atoms with Gasteiger partial charge in [0.2, 0.25) is 0 Å². The molecule has 0 saturated heterocycles. The number of carbonyl (C=O) groups is 1. The summed E-state index contributed by atoms with van der Waals surface area (Å²) in [5, 5.41) is 8.94. The van der Waals surface area contributed by atoms with Gasteiger partial charge in [-0.1, -0.05) is 36.4 Å². The van der Waals surface area contributed by atoms with Crippen LogP contribution < -0.4 is 0 Å². The van der Waals surface area contributed by atoms with Gasteiger partial charge in [-0.15, -0.1) is 0 Å². The minimum atomic E-state index is 0.471. The van der Waals surface area contributed by atoms with E-state index in [9.17, 15) is 4.79 Å². The van der Waals surface area contributed by atoms with Crippen molar-refractivity contribution in [3.63, 3.8) is 0 Å². The molecule has 2 rings (SSSR count). The number of rotatable bonds is 6. The minimum Gasteiger partial charge on any atom is -0.302 e. The molecule has 0 fully saturated rings. The van der Waals surface area contributed by atoms with Gasteiger partial charge in [0.15, 0.2) is 0 Å². The fourth-order valence-corrected chi connectivity index (χ4v) is 2.17. The molecule has 0 heterocycles. The maximum atomic E-state index is 10.4. The Labute approximate surface area is 125 Å². The second kappa shape index (κ2) is 7.37. The monoisotopic (exact) mass is 278 g/mol. The van der Waals surface area contributed by atoms with Crippen molar-refractivity contribution >= 4 is 6.29 Å². The summed E-state index contributed by atoms with van der Waals surface area (Å²) in [4.78, 5) is 12.4. The number of aldehydes is 1. The SMILES string of the molecule is CN(CC=O)CCc1ccc(-c2cccc(C#N)c2)cc1. The van der Waals surface area contributed by atoms with E-state index in [0.717, 1.165) is 30.4 Å². The van der Waals surface area contributed by atoms with E-state index in [0.29, 0.717) is 12.1 Å². The van der Waals surface area contributed by atoms with Crippen LogP contribution >= 0.6 is 0 Å². The standard InChI is InChI=1S/C18H18N2O/c1-20(11-12-21)10-9-15-5-7-17(8-6-15)18-4-2-3-16(13-18)14-19/h2-8,12-13H,9-11H2,1H3. The Bertz CT molecular complexity index is 641.